The summed E-state index contributed by atoms with van der Waals surface area (Å²) in [5, 5.41) is 5.95. The second kappa shape index (κ2) is 7.61. The molecule has 1 aromatic carbocycles. The fourth-order valence-corrected chi connectivity index (χ4v) is 2.53. The van der Waals surface area contributed by atoms with E-state index in [0.717, 1.165) is 27.6 Å². The highest BCUT2D eigenvalue weighted by atomic mass is 32.1. The minimum Gasteiger partial charge on any atom is -0.497 e. The third-order valence-electron chi connectivity index (χ3n) is 2.87. The fourth-order valence-electron chi connectivity index (χ4n) is 1.71. The van der Waals surface area contributed by atoms with Gasteiger partial charge in [0.1, 0.15) is 10.8 Å². The van der Waals surface area contributed by atoms with Crippen molar-refractivity contribution in [3.63, 3.8) is 0 Å². The smallest absolute Gasteiger partial charge is 0.189 e. The van der Waals surface area contributed by atoms with E-state index in [4.69, 9.17) is 10.5 Å². The van der Waals surface area contributed by atoms with Crippen LogP contribution in [-0.4, -0.2) is 24.6 Å². The van der Waals surface area contributed by atoms with Gasteiger partial charge in [-0.3, -0.25) is 0 Å². The molecule has 6 heteroatoms. The average molecular weight is 316 g/mol. The number of nitrogens with one attached hydrogen (secondary N) is 1. The maximum absolute atomic E-state index is 5.78. The molecule has 22 heavy (non-hydrogen) atoms. The lowest BCUT2D eigenvalue weighted by molar-refractivity contribution is 0.415. The minimum atomic E-state index is 0.405. The van der Waals surface area contributed by atoms with Crippen molar-refractivity contribution in [1.29, 1.82) is 0 Å². The maximum atomic E-state index is 5.78. The molecule has 0 bridgehead atoms. The van der Waals surface area contributed by atoms with Crippen molar-refractivity contribution in [3.05, 3.63) is 47.5 Å². The first-order valence-corrected chi connectivity index (χ1v) is 7.73. The van der Waals surface area contributed by atoms with Crippen LogP contribution in [0.25, 0.3) is 10.6 Å². The molecule has 0 aliphatic heterocycles. The van der Waals surface area contributed by atoms with Crippen molar-refractivity contribution in [3.8, 4) is 16.3 Å². The normalized spacial score (nSPS) is 11.3. The Morgan fingerprint density at radius 3 is 2.77 bits per heavy atom. The number of aliphatic imine (C=N–C) groups is 1. The number of benzene rings is 1. The van der Waals surface area contributed by atoms with Crippen molar-refractivity contribution in [2.45, 2.75) is 13.5 Å². The third-order valence-corrected chi connectivity index (χ3v) is 3.81. The molecule has 5 nitrogen and oxygen atoms in total. The molecular weight excluding hydrogens is 296 g/mol. The molecule has 1 aromatic heterocycles. The zero-order valence-electron chi connectivity index (χ0n) is 12.8. The molecule has 0 saturated carbocycles. The Morgan fingerprint density at radius 1 is 1.41 bits per heavy atom. The van der Waals surface area contributed by atoms with Gasteiger partial charge in [-0.15, -0.1) is 11.3 Å². The summed E-state index contributed by atoms with van der Waals surface area (Å²) in [5.41, 5.74) is 8.75. The lowest BCUT2D eigenvalue weighted by atomic mass is 10.2. The van der Waals surface area contributed by atoms with Gasteiger partial charge in [0.05, 0.1) is 19.3 Å². The maximum Gasteiger partial charge on any atom is 0.189 e. The number of hydrogen-bond acceptors (Lipinski definition) is 4. The van der Waals surface area contributed by atoms with Gasteiger partial charge in [-0.25, -0.2) is 9.98 Å². The van der Waals surface area contributed by atoms with Crippen molar-refractivity contribution in [1.82, 2.24) is 10.3 Å². The van der Waals surface area contributed by atoms with Crippen molar-refractivity contribution in [2.75, 3.05) is 13.7 Å². The molecule has 1 heterocycles. The van der Waals surface area contributed by atoms with Crippen LogP contribution in [0.15, 0.2) is 46.8 Å². The lowest BCUT2D eigenvalue weighted by Crippen LogP contribution is -2.32. The minimum absolute atomic E-state index is 0.405. The number of hydrogen-bond donors (Lipinski definition) is 2. The Morgan fingerprint density at radius 2 is 2.14 bits per heavy atom. The first-order valence-electron chi connectivity index (χ1n) is 6.85. The molecule has 3 N–H and O–H groups in total. The van der Waals surface area contributed by atoms with Crippen LogP contribution in [0.3, 0.4) is 0 Å². The van der Waals surface area contributed by atoms with Gasteiger partial charge < -0.3 is 15.8 Å². The molecule has 0 atom stereocenters. The summed E-state index contributed by atoms with van der Waals surface area (Å²) in [6, 6.07) is 7.84. The quantitative estimate of drug-likeness (QED) is 0.488. The summed E-state index contributed by atoms with van der Waals surface area (Å²) in [5.74, 6) is 1.24. The Labute approximate surface area is 134 Å². The van der Waals surface area contributed by atoms with E-state index in [1.54, 1.807) is 18.4 Å². The molecule has 0 amide bonds. The van der Waals surface area contributed by atoms with Gasteiger partial charge in [0.2, 0.25) is 0 Å². The first kappa shape index (κ1) is 16.0. The zero-order valence-corrected chi connectivity index (χ0v) is 13.6. The molecule has 0 radical (unpaired) electrons. The highest BCUT2D eigenvalue weighted by molar-refractivity contribution is 7.13. The average Bonchev–Trinajstić information content (AvgIpc) is 3.00. The second-order valence-corrected chi connectivity index (χ2v) is 5.74. The molecule has 0 fully saturated rings. The van der Waals surface area contributed by atoms with E-state index in [-0.39, 0.29) is 0 Å². The molecule has 0 spiro atoms. The van der Waals surface area contributed by atoms with E-state index >= 15 is 0 Å². The summed E-state index contributed by atoms with van der Waals surface area (Å²) in [6.07, 6.45) is 0. The monoisotopic (exact) mass is 316 g/mol. The number of methoxy groups -OCH3 is 1. The van der Waals surface area contributed by atoms with E-state index in [1.807, 2.05) is 36.6 Å². The highest BCUT2D eigenvalue weighted by Crippen LogP contribution is 2.25. The molecular formula is C16H20N4OS. The molecule has 0 saturated heterocycles. The number of thiazole rings is 1. The fraction of sp³-hybridized carbons (Fsp3) is 0.250. The molecule has 0 aliphatic rings. The Kier molecular flexibility index (Phi) is 5.55. The molecule has 2 rings (SSSR count). The van der Waals surface area contributed by atoms with Crippen LogP contribution in [-0.2, 0) is 6.54 Å². The third kappa shape index (κ3) is 4.60. The van der Waals surface area contributed by atoms with Gasteiger partial charge in [-0.2, -0.15) is 0 Å². The van der Waals surface area contributed by atoms with Crippen LogP contribution < -0.4 is 15.8 Å². The molecule has 0 aliphatic carbocycles. The Bertz CT molecular complexity index is 661. The predicted molar refractivity (Wildman–Crippen MR) is 92.2 cm³/mol. The number of ether oxygens (including phenoxy) is 1. The molecule has 116 valence electrons. The predicted octanol–water partition coefficient (Wildman–Crippen LogP) is 2.80. The van der Waals surface area contributed by atoms with Crippen LogP contribution in [0.1, 0.15) is 12.6 Å². The standard InChI is InChI=1S/C16H20N4OS/c1-11(2)8-18-16(17)19-9-13-10-22-15(20-13)12-4-6-14(21-3)7-5-12/h4-7,10H,1,8-9H2,2-3H3,(H3,17,18,19). The van der Waals surface area contributed by atoms with Crippen molar-refractivity contribution >= 4 is 17.3 Å². The zero-order chi connectivity index (χ0) is 15.9. The summed E-state index contributed by atoms with van der Waals surface area (Å²) >= 11 is 1.59. The van der Waals surface area contributed by atoms with Crippen LogP contribution in [0.5, 0.6) is 5.75 Å². The first-order chi connectivity index (χ1) is 10.6. The summed E-state index contributed by atoms with van der Waals surface area (Å²) < 4.78 is 5.15. The van der Waals surface area contributed by atoms with Crippen molar-refractivity contribution in [2.24, 2.45) is 10.7 Å². The lowest BCUT2D eigenvalue weighted by Gasteiger charge is -2.03. The summed E-state index contributed by atoms with van der Waals surface area (Å²) in [7, 11) is 1.65. The Hall–Kier alpha value is -2.34. The Balaban J connectivity index is 1.98. The van der Waals surface area contributed by atoms with E-state index in [0.29, 0.717) is 19.0 Å². The van der Waals surface area contributed by atoms with Crippen LogP contribution >= 0.6 is 11.3 Å². The van der Waals surface area contributed by atoms with Gasteiger partial charge in [0.15, 0.2) is 5.96 Å². The van der Waals surface area contributed by atoms with E-state index in [9.17, 15) is 0 Å². The SMILES string of the molecule is C=C(C)CNC(N)=NCc1csc(-c2ccc(OC)cc2)n1. The van der Waals surface area contributed by atoms with Gasteiger partial charge in [-0.1, -0.05) is 12.2 Å². The number of aromatic nitrogens is 1. The van der Waals surface area contributed by atoms with Gasteiger partial charge in [0, 0.05) is 17.5 Å². The van der Waals surface area contributed by atoms with E-state index in [1.165, 1.54) is 0 Å². The number of nitrogens with zero attached hydrogens (tertiary/aromatic N) is 2. The molecule has 0 unspecified atom stereocenters. The van der Waals surface area contributed by atoms with Crippen LogP contribution in [0, 0.1) is 0 Å². The summed E-state index contributed by atoms with van der Waals surface area (Å²) in [6.45, 7) is 6.82. The topological polar surface area (TPSA) is 72.5 Å². The second-order valence-electron chi connectivity index (χ2n) is 4.88. The molecule has 2 aromatic rings. The van der Waals surface area contributed by atoms with Gasteiger partial charge in [0.25, 0.3) is 0 Å². The van der Waals surface area contributed by atoms with Crippen LogP contribution in [0.2, 0.25) is 0 Å². The summed E-state index contributed by atoms with van der Waals surface area (Å²) in [4.78, 5) is 8.84. The highest BCUT2D eigenvalue weighted by Gasteiger charge is 2.05. The van der Waals surface area contributed by atoms with Gasteiger partial charge in [-0.05, 0) is 31.2 Å². The van der Waals surface area contributed by atoms with E-state index in [2.05, 4.69) is 21.9 Å². The van der Waals surface area contributed by atoms with E-state index < -0.39 is 0 Å². The van der Waals surface area contributed by atoms with Crippen LogP contribution in [0.4, 0.5) is 0 Å². The number of rotatable bonds is 6. The van der Waals surface area contributed by atoms with Crippen molar-refractivity contribution < 1.29 is 4.74 Å². The number of nitrogens with two attached hydrogens (primary N) is 1. The van der Waals surface area contributed by atoms with Gasteiger partial charge >= 0.3 is 0 Å². The largest absolute Gasteiger partial charge is 0.497 e. The number of guanidine groups is 1.